The molecule has 0 atom stereocenters. The van der Waals surface area contributed by atoms with E-state index >= 15 is 0 Å². The average Bonchev–Trinajstić information content (AvgIpc) is 1.68. The van der Waals surface area contributed by atoms with Crippen molar-refractivity contribution in [1.29, 1.82) is 0 Å². The summed E-state index contributed by atoms with van der Waals surface area (Å²) in [5.41, 5.74) is 11.4. The molecular formula is C5H12N2. The second-order valence-corrected chi connectivity index (χ2v) is 1.37. The van der Waals surface area contributed by atoms with Crippen molar-refractivity contribution in [3.05, 3.63) is 11.8 Å². The fourth-order valence-electron chi connectivity index (χ4n) is 0.296. The molecule has 0 aromatic heterocycles. The van der Waals surface area contributed by atoms with E-state index in [1.54, 1.807) is 0 Å². The first-order chi connectivity index (χ1) is 3.31. The van der Waals surface area contributed by atoms with Crippen LogP contribution < -0.4 is 11.5 Å². The van der Waals surface area contributed by atoms with E-state index in [1.165, 1.54) is 0 Å². The lowest BCUT2D eigenvalue weighted by Gasteiger charge is -1.89. The van der Waals surface area contributed by atoms with Gasteiger partial charge in [0.15, 0.2) is 0 Å². The minimum atomic E-state index is 0.555. The summed E-state index contributed by atoms with van der Waals surface area (Å²) in [6.07, 6.45) is 2.72. The normalized spacial score (nSPS) is 12.0. The summed E-state index contributed by atoms with van der Waals surface area (Å²) < 4.78 is 0. The van der Waals surface area contributed by atoms with E-state index in [2.05, 4.69) is 0 Å². The van der Waals surface area contributed by atoms with E-state index in [9.17, 15) is 0 Å². The van der Waals surface area contributed by atoms with Crippen LogP contribution in [-0.2, 0) is 0 Å². The Morgan fingerprint density at radius 3 is 2.43 bits per heavy atom. The van der Waals surface area contributed by atoms with E-state index in [4.69, 9.17) is 11.5 Å². The van der Waals surface area contributed by atoms with Gasteiger partial charge in [-0.2, -0.15) is 0 Å². The third kappa shape index (κ3) is 3.33. The maximum absolute atomic E-state index is 5.36. The van der Waals surface area contributed by atoms with Crippen molar-refractivity contribution in [2.45, 2.75) is 13.3 Å². The number of allylic oxidation sites excluding steroid dienone is 1. The maximum atomic E-state index is 5.36. The molecule has 0 aromatic rings. The lowest BCUT2D eigenvalue weighted by Crippen LogP contribution is -2.01. The maximum Gasteiger partial charge on any atom is 0.0126 e. The highest BCUT2D eigenvalue weighted by Crippen LogP contribution is 1.85. The predicted octanol–water partition coefficient (Wildman–Crippen LogP) is 0.198. The summed E-state index contributed by atoms with van der Waals surface area (Å²) in [6, 6.07) is 0. The SMILES string of the molecule is CCC(N)=CCN. The summed E-state index contributed by atoms with van der Waals surface area (Å²) in [7, 11) is 0. The summed E-state index contributed by atoms with van der Waals surface area (Å²) in [6.45, 7) is 2.56. The largest absolute Gasteiger partial charge is 0.402 e. The monoisotopic (exact) mass is 100 g/mol. The minimum absolute atomic E-state index is 0.555. The van der Waals surface area contributed by atoms with Crippen LogP contribution in [0.5, 0.6) is 0 Å². The van der Waals surface area contributed by atoms with Gasteiger partial charge in [-0.3, -0.25) is 0 Å². The molecule has 0 aromatic carbocycles. The van der Waals surface area contributed by atoms with Crippen LogP contribution in [0.2, 0.25) is 0 Å². The molecule has 0 unspecified atom stereocenters. The Balaban J connectivity index is 3.29. The van der Waals surface area contributed by atoms with Gasteiger partial charge in [-0.15, -0.1) is 0 Å². The summed E-state index contributed by atoms with van der Waals surface area (Å²) in [5.74, 6) is 0. The van der Waals surface area contributed by atoms with Gasteiger partial charge in [0.1, 0.15) is 0 Å². The zero-order chi connectivity index (χ0) is 5.70. The first-order valence-corrected chi connectivity index (χ1v) is 2.45. The zero-order valence-electron chi connectivity index (χ0n) is 4.65. The quantitative estimate of drug-likeness (QED) is 0.520. The molecule has 0 aliphatic rings. The standard InChI is InChI=1S/C5H12N2/c1-2-5(7)3-4-6/h3H,2,4,6-7H2,1H3. The van der Waals surface area contributed by atoms with Crippen molar-refractivity contribution in [2.75, 3.05) is 6.54 Å². The Kier molecular flexibility index (Phi) is 3.42. The molecule has 0 heterocycles. The highest BCUT2D eigenvalue weighted by Gasteiger charge is 1.77. The summed E-state index contributed by atoms with van der Waals surface area (Å²) in [4.78, 5) is 0. The number of hydrogen-bond donors (Lipinski definition) is 2. The molecule has 42 valence electrons. The molecule has 0 amide bonds. The highest BCUT2D eigenvalue weighted by atomic mass is 14.6. The third-order valence-corrected chi connectivity index (χ3v) is 0.788. The first kappa shape index (κ1) is 6.50. The van der Waals surface area contributed by atoms with E-state index < -0.39 is 0 Å². The molecule has 0 spiro atoms. The van der Waals surface area contributed by atoms with E-state index in [0.29, 0.717) is 6.54 Å². The highest BCUT2D eigenvalue weighted by molar-refractivity contribution is 4.95. The Hall–Kier alpha value is -0.500. The Morgan fingerprint density at radius 1 is 1.71 bits per heavy atom. The molecule has 0 bridgehead atoms. The lowest BCUT2D eigenvalue weighted by atomic mass is 10.3. The Morgan fingerprint density at radius 2 is 2.29 bits per heavy atom. The van der Waals surface area contributed by atoms with Crippen molar-refractivity contribution in [2.24, 2.45) is 11.5 Å². The number of nitrogens with two attached hydrogens (primary N) is 2. The molecule has 0 rings (SSSR count). The van der Waals surface area contributed by atoms with Crippen molar-refractivity contribution in [3.63, 3.8) is 0 Å². The third-order valence-electron chi connectivity index (χ3n) is 0.788. The zero-order valence-corrected chi connectivity index (χ0v) is 4.65. The van der Waals surface area contributed by atoms with Crippen molar-refractivity contribution in [1.82, 2.24) is 0 Å². The number of rotatable bonds is 2. The Bertz CT molecular complexity index is 66.5. The second kappa shape index (κ2) is 3.68. The molecule has 4 N–H and O–H groups in total. The lowest BCUT2D eigenvalue weighted by molar-refractivity contribution is 1.04. The van der Waals surface area contributed by atoms with E-state index in [1.807, 2.05) is 13.0 Å². The molecule has 0 saturated heterocycles. The molecule has 0 saturated carbocycles. The van der Waals surface area contributed by atoms with E-state index in [0.717, 1.165) is 12.1 Å². The van der Waals surface area contributed by atoms with Crippen LogP contribution in [-0.4, -0.2) is 6.54 Å². The molecule has 0 radical (unpaired) electrons. The van der Waals surface area contributed by atoms with Gasteiger partial charge >= 0.3 is 0 Å². The summed E-state index contributed by atoms with van der Waals surface area (Å²) >= 11 is 0. The molecular weight excluding hydrogens is 88.1 g/mol. The molecule has 2 nitrogen and oxygen atoms in total. The summed E-state index contributed by atoms with van der Waals surface area (Å²) in [5, 5.41) is 0. The van der Waals surface area contributed by atoms with Crippen LogP contribution in [0.3, 0.4) is 0 Å². The second-order valence-electron chi connectivity index (χ2n) is 1.37. The van der Waals surface area contributed by atoms with Crippen LogP contribution in [0.15, 0.2) is 11.8 Å². The molecule has 0 aliphatic carbocycles. The van der Waals surface area contributed by atoms with Crippen molar-refractivity contribution in [3.8, 4) is 0 Å². The smallest absolute Gasteiger partial charge is 0.0126 e. The van der Waals surface area contributed by atoms with Crippen LogP contribution in [0.4, 0.5) is 0 Å². The fraction of sp³-hybridized carbons (Fsp3) is 0.600. The van der Waals surface area contributed by atoms with Crippen LogP contribution in [0.1, 0.15) is 13.3 Å². The van der Waals surface area contributed by atoms with Gasteiger partial charge in [-0.05, 0) is 6.42 Å². The van der Waals surface area contributed by atoms with Crippen LogP contribution >= 0.6 is 0 Å². The van der Waals surface area contributed by atoms with E-state index in [-0.39, 0.29) is 0 Å². The average molecular weight is 100 g/mol. The van der Waals surface area contributed by atoms with Gasteiger partial charge in [0.2, 0.25) is 0 Å². The van der Waals surface area contributed by atoms with Gasteiger partial charge in [-0.25, -0.2) is 0 Å². The number of hydrogen-bond acceptors (Lipinski definition) is 2. The van der Waals surface area contributed by atoms with Crippen LogP contribution in [0, 0.1) is 0 Å². The molecule has 0 fully saturated rings. The van der Waals surface area contributed by atoms with Crippen LogP contribution in [0.25, 0.3) is 0 Å². The van der Waals surface area contributed by atoms with Gasteiger partial charge in [0.25, 0.3) is 0 Å². The molecule has 2 heteroatoms. The topological polar surface area (TPSA) is 52.0 Å². The van der Waals surface area contributed by atoms with Gasteiger partial charge < -0.3 is 11.5 Å². The molecule has 0 aliphatic heterocycles. The predicted molar refractivity (Wildman–Crippen MR) is 31.6 cm³/mol. The minimum Gasteiger partial charge on any atom is -0.402 e. The van der Waals surface area contributed by atoms with Gasteiger partial charge in [-0.1, -0.05) is 13.0 Å². The van der Waals surface area contributed by atoms with Gasteiger partial charge in [0, 0.05) is 12.2 Å². The van der Waals surface area contributed by atoms with Crippen molar-refractivity contribution >= 4 is 0 Å². The molecule has 7 heavy (non-hydrogen) atoms. The Labute approximate surface area is 44.2 Å². The fourth-order valence-corrected chi connectivity index (χ4v) is 0.296. The van der Waals surface area contributed by atoms with Gasteiger partial charge in [0.05, 0.1) is 0 Å². The first-order valence-electron chi connectivity index (χ1n) is 2.45. The van der Waals surface area contributed by atoms with Crippen molar-refractivity contribution < 1.29 is 0 Å².